The van der Waals surface area contributed by atoms with Crippen molar-refractivity contribution in [1.82, 2.24) is 4.90 Å². The number of benzene rings is 2. The number of carbonyl (C=O) groups is 1. The Hall–Kier alpha value is -1.95. The van der Waals surface area contributed by atoms with Crippen molar-refractivity contribution in [3.63, 3.8) is 0 Å². The second-order valence-electron chi connectivity index (χ2n) is 7.62. The lowest BCUT2D eigenvalue weighted by Gasteiger charge is -2.34. The van der Waals surface area contributed by atoms with Gasteiger partial charge in [-0.05, 0) is 68.6 Å². The zero-order valence-electron chi connectivity index (χ0n) is 16.7. The van der Waals surface area contributed by atoms with Gasteiger partial charge in [0.15, 0.2) is 0 Å². The van der Waals surface area contributed by atoms with Gasteiger partial charge in [0.25, 0.3) is 0 Å². The number of hydrogen-bond donors (Lipinski definition) is 1. The molecule has 0 bridgehead atoms. The van der Waals surface area contributed by atoms with Crippen molar-refractivity contribution < 1.29 is 13.9 Å². The second-order valence-corrected chi connectivity index (χ2v) is 8.06. The monoisotopic (exact) mass is 418 g/mol. The fourth-order valence-corrected chi connectivity index (χ4v) is 3.84. The molecule has 2 N–H and O–H groups in total. The Labute approximate surface area is 176 Å². The molecular weight excluding hydrogens is 391 g/mol. The maximum absolute atomic E-state index is 14.1. The minimum atomic E-state index is -0.304. The van der Waals surface area contributed by atoms with Gasteiger partial charge in [-0.3, -0.25) is 4.79 Å². The first-order chi connectivity index (χ1) is 14.0. The predicted octanol–water partition coefficient (Wildman–Crippen LogP) is 4.29. The highest BCUT2D eigenvalue weighted by atomic mass is 35.5. The Morgan fingerprint density at radius 3 is 2.59 bits per heavy atom. The summed E-state index contributed by atoms with van der Waals surface area (Å²) in [6, 6.07) is 12.0. The van der Waals surface area contributed by atoms with Crippen molar-refractivity contribution in [1.29, 1.82) is 0 Å². The summed E-state index contributed by atoms with van der Waals surface area (Å²) in [7, 11) is 0. The van der Waals surface area contributed by atoms with Crippen molar-refractivity contribution in [2.75, 3.05) is 26.2 Å². The molecule has 0 saturated carbocycles. The molecule has 2 atom stereocenters. The van der Waals surface area contributed by atoms with Crippen molar-refractivity contribution in [2.45, 2.75) is 32.2 Å². The molecule has 3 rings (SSSR count). The lowest BCUT2D eigenvalue weighted by molar-refractivity contribution is -0.149. The summed E-state index contributed by atoms with van der Waals surface area (Å²) in [5, 5.41) is 0.500. The van der Waals surface area contributed by atoms with Crippen LogP contribution in [-0.2, 0) is 16.0 Å². The quantitative estimate of drug-likeness (QED) is 0.617. The molecule has 1 unspecified atom stereocenters. The maximum Gasteiger partial charge on any atom is 0.310 e. The van der Waals surface area contributed by atoms with Crippen LogP contribution in [0.1, 0.15) is 25.3 Å². The molecule has 1 saturated heterocycles. The Bertz CT molecular complexity index is 824. The molecule has 1 aliphatic heterocycles. The summed E-state index contributed by atoms with van der Waals surface area (Å²) in [6.45, 7) is 4.98. The Balaban J connectivity index is 1.62. The van der Waals surface area contributed by atoms with E-state index in [2.05, 4.69) is 4.90 Å². The number of halogens is 2. The molecule has 0 radical (unpaired) electrons. The standard InChI is InChI=1S/C23H28ClFN2O2/c1-2-29-23(28)18(15-27-10-3-11-27)13-20(26)12-16-4-6-17(7-5-16)21-14-19(24)8-9-22(21)25/h4-9,14,18,20H,2-3,10-13,15,26H2,1H3/t18?,20-/m1/s1. The second kappa shape index (κ2) is 10.2. The molecule has 0 amide bonds. The molecule has 1 fully saturated rings. The van der Waals surface area contributed by atoms with Crippen LogP contribution in [0.5, 0.6) is 0 Å². The number of nitrogens with zero attached hydrogens (tertiary/aromatic N) is 1. The summed E-state index contributed by atoms with van der Waals surface area (Å²) in [5.74, 6) is -0.672. The molecule has 4 nitrogen and oxygen atoms in total. The lowest BCUT2D eigenvalue weighted by atomic mass is 9.93. The van der Waals surface area contributed by atoms with Gasteiger partial charge in [-0.1, -0.05) is 35.9 Å². The van der Waals surface area contributed by atoms with E-state index < -0.39 is 0 Å². The van der Waals surface area contributed by atoms with Crippen LogP contribution in [0.2, 0.25) is 5.02 Å². The average molecular weight is 419 g/mol. The smallest absolute Gasteiger partial charge is 0.310 e. The molecule has 0 aromatic heterocycles. The predicted molar refractivity (Wildman–Crippen MR) is 114 cm³/mol. The van der Waals surface area contributed by atoms with E-state index >= 15 is 0 Å². The van der Waals surface area contributed by atoms with Gasteiger partial charge in [0.2, 0.25) is 0 Å². The molecule has 0 aliphatic carbocycles. The van der Waals surface area contributed by atoms with Crippen LogP contribution in [0.15, 0.2) is 42.5 Å². The lowest BCUT2D eigenvalue weighted by Crippen LogP contribution is -2.44. The SMILES string of the molecule is CCOC(=O)C(C[C@H](N)Cc1ccc(-c2cc(Cl)ccc2F)cc1)CN1CCC1. The number of nitrogens with two attached hydrogens (primary N) is 1. The van der Waals surface area contributed by atoms with E-state index in [9.17, 15) is 9.18 Å². The third kappa shape index (κ3) is 6.01. The van der Waals surface area contributed by atoms with Crippen LogP contribution in [0.4, 0.5) is 4.39 Å². The number of hydrogen-bond acceptors (Lipinski definition) is 4. The van der Waals surface area contributed by atoms with E-state index in [0.717, 1.165) is 24.2 Å². The molecule has 2 aromatic rings. The topological polar surface area (TPSA) is 55.6 Å². The summed E-state index contributed by atoms with van der Waals surface area (Å²) in [5.41, 5.74) is 8.66. The molecule has 29 heavy (non-hydrogen) atoms. The number of ether oxygens (including phenoxy) is 1. The van der Waals surface area contributed by atoms with Gasteiger partial charge in [-0.25, -0.2) is 4.39 Å². The highest BCUT2D eigenvalue weighted by Gasteiger charge is 2.27. The van der Waals surface area contributed by atoms with E-state index in [1.54, 1.807) is 6.07 Å². The highest BCUT2D eigenvalue weighted by molar-refractivity contribution is 6.30. The highest BCUT2D eigenvalue weighted by Crippen LogP contribution is 2.26. The van der Waals surface area contributed by atoms with Crippen LogP contribution in [0, 0.1) is 11.7 Å². The minimum absolute atomic E-state index is 0.153. The van der Waals surface area contributed by atoms with Gasteiger partial charge < -0.3 is 15.4 Å². The maximum atomic E-state index is 14.1. The van der Waals surface area contributed by atoms with Crippen molar-refractivity contribution in [2.24, 2.45) is 11.7 Å². The summed E-state index contributed by atoms with van der Waals surface area (Å²) < 4.78 is 19.3. The third-order valence-electron chi connectivity index (χ3n) is 5.33. The van der Waals surface area contributed by atoms with Crippen LogP contribution in [0.3, 0.4) is 0 Å². The Morgan fingerprint density at radius 2 is 1.97 bits per heavy atom. The van der Waals surface area contributed by atoms with Gasteiger partial charge in [0, 0.05) is 23.2 Å². The number of esters is 1. The first-order valence-corrected chi connectivity index (χ1v) is 10.5. The van der Waals surface area contributed by atoms with Gasteiger partial charge in [0.05, 0.1) is 12.5 Å². The molecule has 1 heterocycles. The fourth-order valence-electron chi connectivity index (χ4n) is 3.67. The van der Waals surface area contributed by atoms with Crippen LogP contribution in [0.25, 0.3) is 11.1 Å². The number of carbonyl (C=O) groups excluding carboxylic acids is 1. The molecule has 1 aliphatic rings. The van der Waals surface area contributed by atoms with Gasteiger partial charge >= 0.3 is 5.97 Å². The van der Waals surface area contributed by atoms with E-state index in [1.165, 1.54) is 18.6 Å². The van der Waals surface area contributed by atoms with Gasteiger partial charge in [-0.2, -0.15) is 0 Å². The van der Waals surface area contributed by atoms with Gasteiger partial charge in [-0.15, -0.1) is 0 Å². The first-order valence-electron chi connectivity index (χ1n) is 10.1. The number of likely N-dealkylation sites (tertiary alicyclic amines) is 1. The van der Waals surface area contributed by atoms with E-state index in [4.69, 9.17) is 22.1 Å². The normalized spacial score (nSPS) is 16.1. The third-order valence-corrected chi connectivity index (χ3v) is 5.56. The molecular formula is C23H28ClFN2O2. The van der Waals surface area contributed by atoms with Crippen molar-refractivity contribution >= 4 is 17.6 Å². The number of rotatable bonds is 9. The summed E-state index contributed by atoms with van der Waals surface area (Å²) in [6.07, 6.45) is 2.41. The first kappa shape index (κ1) is 21.8. The molecule has 6 heteroatoms. The minimum Gasteiger partial charge on any atom is -0.466 e. The zero-order chi connectivity index (χ0) is 20.8. The van der Waals surface area contributed by atoms with E-state index in [1.807, 2.05) is 31.2 Å². The summed E-state index contributed by atoms with van der Waals surface area (Å²) in [4.78, 5) is 14.6. The molecule has 0 spiro atoms. The molecule has 156 valence electrons. The Kier molecular flexibility index (Phi) is 7.64. The van der Waals surface area contributed by atoms with Crippen molar-refractivity contribution in [3.05, 3.63) is 58.9 Å². The zero-order valence-corrected chi connectivity index (χ0v) is 17.5. The van der Waals surface area contributed by atoms with Gasteiger partial charge in [0.1, 0.15) is 5.82 Å². The van der Waals surface area contributed by atoms with Crippen LogP contribution >= 0.6 is 11.6 Å². The fraction of sp³-hybridized carbons (Fsp3) is 0.435. The summed E-state index contributed by atoms with van der Waals surface area (Å²) >= 11 is 5.99. The van der Waals surface area contributed by atoms with Crippen molar-refractivity contribution in [3.8, 4) is 11.1 Å². The van der Waals surface area contributed by atoms with E-state index in [-0.39, 0.29) is 23.7 Å². The van der Waals surface area contributed by atoms with E-state index in [0.29, 0.717) is 36.6 Å². The van der Waals surface area contributed by atoms with Crippen LogP contribution < -0.4 is 5.73 Å². The Morgan fingerprint density at radius 1 is 1.24 bits per heavy atom. The molecule has 2 aromatic carbocycles. The average Bonchev–Trinajstić information content (AvgIpc) is 2.66. The largest absolute Gasteiger partial charge is 0.466 e. The van der Waals surface area contributed by atoms with Crippen LogP contribution in [-0.4, -0.2) is 43.2 Å².